The Hall–Kier alpha value is -0.530. The van der Waals surface area contributed by atoms with Crippen molar-refractivity contribution >= 4 is 15.9 Å². The van der Waals surface area contributed by atoms with Crippen LogP contribution in [0.2, 0.25) is 0 Å². The highest BCUT2D eigenvalue weighted by atomic mass is 79.9. The van der Waals surface area contributed by atoms with Gasteiger partial charge in [0.05, 0.1) is 0 Å². The number of hydrogen-bond acceptors (Lipinski definition) is 2. The Balaban J connectivity index is 3.66. The third-order valence-corrected chi connectivity index (χ3v) is 0.646. The molecule has 0 amide bonds. The third-order valence-electron chi connectivity index (χ3n) is 0.459. The average molecular weight is 257 g/mol. The van der Waals surface area contributed by atoms with E-state index in [2.05, 4.69) is 9.47 Å². The predicted octanol–water partition coefficient (Wildman–Crippen LogP) is 2.96. The van der Waals surface area contributed by atoms with Crippen LogP contribution in [0.15, 0.2) is 12.5 Å². The first-order valence-electron chi connectivity index (χ1n) is 2.35. The molecule has 0 bridgehead atoms. The summed E-state index contributed by atoms with van der Waals surface area (Å²) in [4.78, 5) is 0. The lowest BCUT2D eigenvalue weighted by atomic mass is 11.0. The van der Waals surface area contributed by atoms with Gasteiger partial charge in [-0.3, -0.25) is 0 Å². The molecule has 0 heterocycles. The molecule has 12 heavy (non-hydrogen) atoms. The number of alkyl halides is 6. The van der Waals surface area contributed by atoms with Crippen LogP contribution in [0.5, 0.6) is 0 Å². The molecule has 0 aliphatic heterocycles. The van der Waals surface area contributed by atoms with Gasteiger partial charge in [-0.2, -0.15) is 8.78 Å². The van der Waals surface area contributed by atoms with Crippen LogP contribution in [-0.4, -0.2) is 11.4 Å². The van der Waals surface area contributed by atoms with Crippen molar-refractivity contribution in [2.45, 2.75) is 11.4 Å². The van der Waals surface area contributed by atoms with Gasteiger partial charge in [-0.1, -0.05) is 0 Å². The van der Waals surface area contributed by atoms with Crippen molar-refractivity contribution in [3.05, 3.63) is 12.5 Å². The summed E-state index contributed by atoms with van der Waals surface area (Å²) in [6, 6.07) is 0. The molecule has 8 heteroatoms. The van der Waals surface area contributed by atoms with E-state index in [-0.39, 0.29) is 12.5 Å². The van der Waals surface area contributed by atoms with Gasteiger partial charge in [0.25, 0.3) is 0 Å². The summed E-state index contributed by atoms with van der Waals surface area (Å²) in [5, 5.41) is -3.70. The quantitative estimate of drug-likeness (QED) is 0.439. The van der Waals surface area contributed by atoms with Gasteiger partial charge in [0.2, 0.25) is 0 Å². The van der Waals surface area contributed by atoms with Gasteiger partial charge in [-0.15, -0.1) is 13.2 Å². The number of rotatable bonds is 3. The van der Waals surface area contributed by atoms with E-state index < -0.39 is 11.4 Å². The van der Waals surface area contributed by atoms with Crippen molar-refractivity contribution in [1.29, 1.82) is 0 Å². The molecule has 0 aliphatic carbocycles. The average Bonchev–Trinajstić information content (AvgIpc) is 1.76. The van der Waals surface area contributed by atoms with Crippen molar-refractivity contribution in [2.75, 3.05) is 0 Å². The lowest BCUT2D eigenvalue weighted by Crippen LogP contribution is -2.10. The summed E-state index contributed by atoms with van der Waals surface area (Å²) >= 11 is 1.72. The van der Waals surface area contributed by atoms with Crippen molar-refractivity contribution in [2.24, 2.45) is 0 Å². The highest BCUT2D eigenvalue weighted by Crippen LogP contribution is 2.23. The minimum Gasteiger partial charge on any atom is -0.429 e. The van der Waals surface area contributed by atoms with E-state index in [9.17, 15) is 22.0 Å². The summed E-state index contributed by atoms with van der Waals surface area (Å²) in [6.07, 6.45) is -4.88. The van der Waals surface area contributed by atoms with E-state index in [4.69, 9.17) is 0 Å². The molecule has 0 aromatic heterocycles. The minimum absolute atomic E-state index is 0.0465. The first-order valence-corrected chi connectivity index (χ1v) is 3.14. The Morgan fingerprint density at radius 1 is 0.917 bits per heavy atom. The second-order valence-electron chi connectivity index (χ2n) is 1.40. The summed E-state index contributed by atoms with van der Waals surface area (Å²) in [5.41, 5.74) is 0. The van der Waals surface area contributed by atoms with Gasteiger partial charge in [0.15, 0.2) is 0 Å². The molecule has 0 aromatic carbocycles. The van der Waals surface area contributed by atoms with Gasteiger partial charge in [0.1, 0.15) is 12.5 Å². The Labute approximate surface area is 72.1 Å². The van der Waals surface area contributed by atoms with Gasteiger partial charge in [-0.25, -0.2) is 0 Å². The fraction of sp³-hybridized carbons (Fsp3) is 0.500. The Kier molecular flexibility index (Phi) is 3.75. The third kappa shape index (κ3) is 9.47. The van der Waals surface area contributed by atoms with E-state index in [1.54, 1.807) is 15.9 Å². The van der Waals surface area contributed by atoms with Crippen LogP contribution < -0.4 is 0 Å². The van der Waals surface area contributed by atoms with Crippen molar-refractivity contribution in [3.8, 4) is 0 Å². The largest absolute Gasteiger partial charge is 0.572 e. The molecule has 0 saturated carbocycles. The first-order chi connectivity index (χ1) is 5.21. The fourth-order valence-corrected chi connectivity index (χ4v) is 0.318. The molecule has 0 unspecified atom stereocenters. The maximum atomic E-state index is 11.6. The maximum Gasteiger partial charge on any atom is 0.572 e. The monoisotopic (exact) mass is 256 g/mol. The smallest absolute Gasteiger partial charge is 0.429 e. The van der Waals surface area contributed by atoms with Crippen LogP contribution in [-0.2, 0) is 9.47 Å². The zero-order valence-electron chi connectivity index (χ0n) is 5.24. The second-order valence-corrected chi connectivity index (χ2v) is 2.32. The zero-order valence-corrected chi connectivity index (χ0v) is 6.82. The van der Waals surface area contributed by atoms with Crippen LogP contribution >= 0.6 is 15.9 Å². The second kappa shape index (κ2) is 3.92. The normalized spacial score (nSPS) is 13.5. The Morgan fingerprint density at radius 2 is 1.33 bits per heavy atom. The summed E-state index contributed by atoms with van der Waals surface area (Å²) in [5.74, 6) is 0. The summed E-state index contributed by atoms with van der Waals surface area (Å²) in [7, 11) is 0. The number of ether oxygens (including phenoxy) is 2. The predicted molar refractivity (Wildman–Crippen MR) is 31.2 cm³/mol. The fourth-order valence-electron chi connectivity index (χ4n) is 0.210. The van der Waals surface area contributed by atoms with Crippen LogP contribution in [0.4, 0.5) is 22.0 Å². The molecule has 0 aliphatic rings. The lowest BCUT2D eigenvalue weighted by Gasteiger charge is -2.06. The molecular formula is C4H2BrF5O2. The number of halogens is 6. The Morgan fingerprint density at radius 3 is 1.67 bits per heavy atom. The lowest BCUT2D eigenvalue weighted by molar-refractivity contribution is -0.299. The van der Waals surface area contributed by atoms with Crippen LogP contribution in [0.25, 0.3) is 0 Å². The summed E-state index contributed by atoms with van der Waals surface area (Å²) < 4.78 is 63.1. The van der Waals surface area contributed by atoms with E-state index in [0.29, 0.717) is 0 Å². The molecule has 0 N–H and O–H groups in total. The van der Waals surface area contributed by atoms with Crippen molar-refractivity contribution in [1.82, 2.24) is 0 Å². The molecule has 0 radical (unpaired) electrons. The van der Waals surface area contributed by atoms with Gasteiger partial charge >= 0.3 is 11.4 Å². The Bertz CT molecular complexity index is 142. The molecule has 0 saturated heterocycles. The van der Waals surface area contributed by atoms with E-state index >= 15 is 0 Å². The van der Waals surface area contributed by atoms with Crippen LogP contribution in [0.1, 0.15) is 0 Å². The molecule has 72 valence electrons. The van der Waals surface area contributed by atoms with Crippen molar-refractivity contribution in [3.63, 3.8) is 0 Å². The highest BCUT2D eigenvalue weighted by molar-refractivity contribution is 9.09. The molecular weight excluding hydrogens is 255 g/mol. The van der Waals surface area contributed by atoms with Crippen molar-refractivity contribution < 1.29 is 31.4 Å². The molecule has 2 nitrogen and oxygen atoms in total. The van der Waals surface area contributed by atoms with Crippen LogP contribution in [0.3, 0.4) is 0 Å². The molecule has 0 atom stereocenters. The van der Waals surface area contributed by atoms with Gasteiger partial charge < -0.3 is 9.47 Å². The van der Waals surface area contributed by atoms with E-state index in [1.165, 1.54) is 0 Å². The van der Waals surface area contributed by atoms with E-state index in [0.717, 1.165) is 0 Å². The highest BCUT2D eigenvalue weighted by Gasteiger charge is 2.29. The molecule has 0 rings (SSSR count). The van der Waals surface area contributed by atoms with Gasteiger partial charge in [0, 0.05) is 15.9 Å². The topological polar surface area (TPSA) is 18.5 Å². The SMILES string of the molecule is FC(F)(F)O/C=C/OC(F)(F)Br. The minimum atomic E-state index is -4.90. The molecule has 0 spiro atoms. The number of hydrogen-bond donors (Lipinski definition) is 0. The van der Waals surface area contributed by atoms with Gasteiger partial charge in [-0.05, 0) is 0 Å². The zero-order chi connectivity index (χ0) is 9.83. The standard InChI is InChI=1S/C4H2BrF5O2/c5-3(6,7)11-1-2-12-4(8,9)10/h1-2H/b2-1+. The molecule has 0 aromatic rings. The summed E-state index contributed by atoms with van der Waals surface area (Å²) in [6.45, 7) is 0. The molecule has 0 fully saturated rings. The van der Waals surface area contributed by atoms with E-state index in [1.807, 2.05) is 0 Å². The van der Waals surface area contributed by atoms with Crippen LogP contribution in [0, 0.1) is 0 Å². The first kappa shape index (κ1) is 11.5. The maximum absolute atomic E-state index is 11.6.